The summed E-state index contributed by atoms with van der Waals surface area (Å²) >= 11 is 0. The van der Waals surface area contributed by atoms with Crippen LogP contribution in [0.2, 0.25) is 13.1 Å². The van der Waals surface area contributed by atoms with Crippen LogP contribution in [0.1, 0.15) is 136 Å². The van der Waals surface area contributed by atoms with Crippen molar-refractivity contribution in [1.29, 1.82) is 0 Å². The zero-order chi connectivity index (χ0) is 20.8. The Bertz CT molecular complexity index is 294. The van der Waals surface area contributed by atoms with Gasteiger partial charge in [0.15, 0.2) is 0 Å². The SMILES string of the molecule is CCCCCCCCCCCCCCCCCCO[Si](C)(C)OCCCCC. The van der Waals surface area contributed by atoms with E-state index in [1.807, 2.05) is 0 Å². The second-order valence-electron chi connectivity index (χ2n) is 9.11. The summed E-state index contributed by atoms with van der Waals surface area (Å²) in [6.45, 7) is 10.7. The van der Waals surface area contributed by atoms with Gasteiger partial charge < -0.3 is 8.85 Å². The number of unbranched alkanes of at least 4 members (excludes halogenated alkanes) is 17. The molecule has 0 amide bonds. The topological polar surface area (TPSA) is 18.5 Å². The maximum Gasteiger partial charge on any atom is 0.331 e. The minimum absolute atomic E-state index is 0.881. The Labute approximate surface area is 179 Å². The first-order valence-corrected chi connectivity index (χ1v) is 15.7. The van der Waals surface area contributed by atoms with Gasteiger partial charge >= 0.3 is 8.56 Å². The molecule has 0 saturated heterocycles. The van der Waals surface area contributed by atoms with Crippen molar-refractivity contribution in [3.05, 3.63) is 0 Å². The highest BCUT2D eigenvalue weighted by Crippen LogP contribution is 2.14. The fourth-order valence-corrected chi connectivity index (χ4v) is 5.03. The zero-order valence-corrected chi connectivity index (χ0v) is 21.2. The highest BCUT2D eigenvalue weighted by atomic mass is 28.4. The summed E-state index contributed by atoms with van der Waals surface area (Å²) < 4.78 is 12.0. The van der Waals surface area contributed by atoms with E-state index in [-0.39, 0.29) is 0 Å². The largest absolute Gasteiger partial charge is 0.395 e. The van der Waals surface area contributed by atoms with Crippen LogP contribution in [-0.2, 0) is 8.85 Å². The van der Waals surface area contributed by atoms with Crippen LogP contribution in [0.5, 0.6) is 0 Å². The molecule has 0 aliphatic heterocycles. The first-order chi connectivity index (χ1) is 13.6. The number of hydrogen-bond acceptors (Lipinski definition) is 2. The number of rotatable bonds is 23. The summed E-state index contributed by atoms with van der Waals surface area (Å²) in [4.78, 5) is 0. The van der Waals surface area contributed by atoms with Gasteiger partial charge in [0.05, 0.1) is 0 Å². The lowest BCUT2D eigenvalue weighted by molar-refractivity contribution is 0.173. The Morgan fingerprint density at radius 2 is 0.643 bits per heavy atom. The molecule has 0 aliphatic carbocycles. The normalized spacial score (nSPS) is 12.0. The predicted molar refractivity (Wildman–Crippen MR) is 128 cm³/mol. The van der Waals surface area contributed by atoms with Gasteiger partial charge in [0.1, 0.15) is 0 Å². The van der Waals surface area contributed by atoms with Gasteiger partial charge in [-0.2, -0.15) is 0 Å². The quantitative estimate of drug-likeness (QED) is 0.122. The van der Waals surface area contributed by atoms with E-state index in [9.17, 15) is 0 Å². The van der Waals surface area contributed by atoms with Crippen molar-refractivity contribution in [3.63, 3.8) is 0 Å². The number of hydrogen-bond donors (Lipinski definition) is 0. The van der Waals surface area contributed by atoms with Gasteiger partial charge in [-0.25, -0.2) is 0 Å². The fraction of sp³-hybridized carbons (Fsp3) is 1.00. The molecule has 0 heterocycles. The summed E-state index contributed by atoms with van der Waals surface area (Å²) in [5, 5.41) is 0. The molecule has 0 rings (SSSR count). The van der Waals surface area contributed by atoms with E-state index in [0.717, 1.165) is 13.2 Å². The second-order valence-corrected chi connectivity index (χ2v) is 12.5. The molecular weight excluding hydrogens is 360 g/mol. The van der Waals surface area contributed by atoms with E-state index in [1.165, 1.54) is 122 Å². The van der Waals surface area contributed by atoms with Crippen molar-refractivity contribution in [2.45, 2.75) is 149 Å². The summed E-state index contributed by atoms with van der Waals surface area (Å²) in [7, 11) is -1.86. The molecule has 0 aliphatic rings. The zero-order valence-electron chi connectivity index (χ0n) is 20.2. The monoisotopic (exact) mass is 414 g/mol. The van der Waals surface area contributed by atoms with E-state index in [1.54, 1.807) is 0 Å². The summed E-state index contributed by atoms with van der Waals surface area (Å²) in [6, 6.07) is 0. The standard InChI is InChI=1S/C25H54O2Si/c1-5-7-9-10-11-12-13-14-15-16-17-18-19-20-21-23-25-27-28(3,4)26-24-22-8-6-2/h5-25H2,1-4H3. The third kappa shape index (κ3) is 22.4. The lowest BCUT2D eigenvalue weighted by Gasteiger charge is -2.22. The molecule has 0 aromatic rings. The third-order valence-corrected chi connectivity index (χ3v) is 7.44. The van der Waals surface area contributed by atoms with Crippen LogP contribution in [0.25, 0.3) is 0 Å². The molecule has 0 fully saturated rings. The third-order valence-electron chi connectivity index (χ3n) is 5.65. The van der Waals surface area contributed by atoms with Crippen LogP contribution in [0.3, 0.4) is 0 Å². The van der Waals surface area contributed by atoms with Crippen LogP contribution >= 0.6 is 0 Å². The predicted octanol–water partition coefficient (Wildman–Crippen LogP) is 9.17. The molecule has 3 heteroatoms. The molecule has 2 nitrogen and oxygen atoms in total. The van der Waals surface area contributed by atoms with Gasteiger partial charge in [-0.15, -0.1) is 0 Å². The highest BCUT2D eigenvalue weighted by molar-refractivity contribution is 6.64. The van der Waals surface area contributed by atoms with Gasteiger partial charge in [0.2, 0.25) is 0 Å². The Hall–Kier alpha value is 0.137. The molecule has 0 unspecified atom stereocenters. The van der Waals surface area contributed by atoms with Crippen molar-refractivity contribution < 1.29 is 8.85 Å². The second kappa shape index (κ2) is 21.8. The molecule has 0 spiro atoms. The Balaban J connectivity index is 3.19. The molecule has 0 bridgehead atoms. The van der Waals surface area contributed by atoms with Gasteiger partial charge in [0.25, 0.3) is 0 Å². The van der Waals surface area contributed by atoms with Gasteiger partial charge in [-0.3, -0.25) is 0 Å². The minimum atomic E-state index is -1.86. The van der Waals surface area contributed by atoms with E-state index in [0.29, 0.717) is 0 Å². The summed E-state index contributed by atoms with van der Waals surface area (Å²) in [5.74, 6) is 0. The molecule has 0 atom stereocenters. The Morgan fingerprint density at radius 1 is 0.393 bits per heavy atom. The van der Waals surface area contributed by atoms with Crippen LogP contribution in [0.4, 0.5) is 0 Å². The van der Waals surface area contributed by atoms with Crippen LogP contribution in [-0.4, -0.2) is 21.8 Å². The Morgan fingerprint density at radius 3 is 1.00 bits per heavy atom. The lowest BCUT2D eigenvalue weighted by atomic mass is 10.0. The van der Waals surface area contributed by atoms with Crippen molar-refractivity contribution in [1.82, 2.24) is 0 Å². The molecule has 0 N–H and O–H groups in total. The molecule has 0 aromatic heterocycles. The van der Waals surface area contributed by atoms with Crippen LogP contribution < -0.4 is 0 Å². The van der Waals surface area contributed by atoms with E-state index < -0.39 is 8.56 Å². The van der Waals surface area contributed by atoms with Gasteiger partial charge in [-0.05, 0) is 25.9 Å². The molecule has 28 heavy (non-hydrogen) atoms. The van der Waals surface area contributed by atoms with Crippen LogP contribution in [0.15, 0.2) is 0 Å². The smallest absolute Gasteiger partial charge is 0.331 e. The maximum absolute atomic E-state index is 6.05. The molecule has 0 aromatic carbocycles. The highest BCUT2D eigenvalue weighted by Gasteiger charge is 2.23. The average molecular weight is 415 g/mol. The van der Waals surface area contributed by atoms with Gasteiger partial charge in [-0.1, -0.05) is 123 Å². The average Bonchev–Trinajstić information content (AvgIpc) is 2.67. The van der Waals surface area contributed by atoms with Crippen molar-refractivity contribution >= 4 is 8.56 Å². The minimum Gasteiger partial charge on any atom is -0.395 e. The molecule has 170 valence electrons. The lowest BCUT2D eigenvalue weighted by Crippen LogP contribution is -2.35. The summed E-state index contributed by atoms with van der Waals surface area (Å²) in [6.07, 6.45) is 26.4. The first-order valence-electron chi connectivity index (χ1n) is 12.9. The van der Waals surface area contributed by atoms with E-state index >= 15 is 0 Å². The van der Waals surface area contributed by atoms with Crippen molar-refractivity contribution in [3.8, 4) is 0 Å². The molecular formula is C25H54O2Si. The van der Waals surface area contributed by atoms with Crippen molar-refractivity contribution in [2.24, 2.45) is 0 Å². The van der Waals surface area contributed by atoms with E-state index in [2.05, 4.69) is 26.9 Å². The molecule has 0 saturated carbocycles. The van der Waals surface area contributed by atoms with E-state index in [4.69, 9.17) is 8.85 Å². The summed E-state index contributed by atoms with van der Waals surface area (Å²) in [5.41, 5.74) is 0. The maximum atomic E-state index is 6.05. The Kier molecular flexibility index (Phi) is 21.9. The van der Waals surface area contributed by atoms with Crippen molar-refractivity contribution in [2.75, 3.05) is 13.2 Å². The fourth-order valence-electron chi connectivity index (χ4n) is 3.68. The van der Waals surface area contributed by atoms with Crippen LogP contribution in [0, 0.1) is 0 Å². The first kappa shape index (κ1) is 28.1. The molecule has 0 radical (unpaired) electrons. The van der Waals surface area contributed by atoms with Gasteiger partial charge in [0, 0.05) is 13.2 Å².